The highest BCUT2D eigenvalue weighted by Gasteiger charge is 2.20. The van der Waals surface area contributed by atoms with E-state index in [1.54, 1.807) is 0 Å². The van der Waals surface area contributed by atoms with Crippen LogP contribution in [0.5, 0.6) is 0 Å². The molecule has 1 saturated heterocycles. The third-order valence-electron chi connectivity index (χ3n) is 3.37. The van der Waals surface area contributed by atoms with Gasteiger partial charge in [0, 0.05) is 6.54 Å². The van der Waals surface area contributed by atoms with Crippen molar-refractivity contribution in [2.75, 3.05) is 26.2 Å². The number of carboxylic acid groups (broad SMARTS) is 4. The van der Waals surface area contributed by atoms with Gasteiger partial charge in [-0.25, -0.2) is 0 Å². The van der Waals surface area contributed by atoms with Crippen LogP contribution in [0.2, 0.25) is 0 Å². The van der Waals surface area contributed by atoms with Gasteiger partial charge >= 0.3 is 23.9 Å². The second-order valence-corrected chi connectivity index (χ2v) is 6.14. The van der Waals surface area contributed by atoms with E-state index in [1.807, 2.05) is 0 Å². The average molecular weight is 469 g/mol. The van der Waals surface area contributed by atoms with E-state index in [4.69, 9.17) is 48.1 Å². The zero-order valence-corrected chi connectivity index (χ0v) is 17.6. The van der Waals surface area contributed by atoms with Gasteiger partial charge in [-0.15, -0.1) is 0 Å². The fourth-order valence-electron chi connectivity index (χ4n) is 1.64. The molecule has 0 aliphatic carbocycles. The molecule has 0 aromatic rings. The number of carboxylic acids is 4. The highest BCUT2D eigenvalue weighted by molar-refractivity contribution is 5.74. The Balaban J connectivity index is -0.000000369. The fraction of sp³-hybridized carbons (Fsp3) is 0.688. The third kappa shape index (κ3) is 25.0. The SMILES string of the molecule is N=C(N)NCCC[C@H](N)C(=O)O.NCC(=O)O.N[C@@H](CO)C(=O)O.O=C(O)[C@@H]1CCCN1. The molecule has 0 unspecified atom stereocenters. The van der Waals surface area contributed by atoms with E-state index in [0.717, 1.165) is 19.4 Å². The minimum atomic E-state index is -1.18. The van der Waals surface area contributed by atoms with Gasteiger partial charge in [-0.2, -0.15) is 0 Å². The van der Waals surface area contributed by atoms with Crippen molar-refractivity contribution >= 4 is 29.8 Å². The third-order valence-corrected chi connectivity index (χ3v) is 3.37. The summed E-state index contributed by atoms with van der Waals surface area (Å²) >= 11 is 0. The Morgan fingerprint density at radius 2 is 1.56 bits per heavy atom. The van der Waals surface area contributed by atoms with Gasteiger partial charge in [-0.3, -0.25) is 24.6 Å². The van der Waals surface area contributed by atoms with Gasteiger partial charge in [0.1, 0.15) is 18.1 Å². The van der Waals surface area contributed by atoms with Crippen molar-refractivity contribution in [3.05, 3.63) is 0 Å². The number of rotatable bonds is 9. The highest BCUT2D eigenvalue weighted by Crippen LogP contribution is 2.03. The molecule has 1 aliphatic rings. The molecule has 0 spiro atoms. The van der Waals surface area contributed by atoms with Crippen LogP contribution in [0.3, 0.4) is 0 Å². The summed E-state index contributed by atoms with van der Waals surface area (Å²) in [4.78, 5) is 39.2. The summed E-state index contributed by atoms with van der Waals surface area (Å²) < 4.78 is 0. The number of hydrogen-bond donors (Lipinski definition) is 12. The van der Waals surface area contributed by atoms with Crippen molar-refractivity contribution in [3.8, 4) is 0 Å². The number of aliphatic hydroxyl groups is 1. The predicted octanol–water partition coefficient (Wildman–Crippen LogP) is -4.10. The summed E-state index contributed by atoms with van der Waals surface area (Å²) in [6, 6.07) is -2.21. The lowest BCUT2D eigenvalue weighted by atomic mass is 10.2. The van der Waals surface area contributed by atoms with Crippen molar-refractivity contribution in [3.63, 3.8) is 0 Å². The van der Waals surface area contributed by atoms with Crippen LogP contribution in [0.25, 0.3) is 0 Å². The van der Waals surface area contributed by atoms with Crippen molar-refractivity contribution < 1.29 is 44.7 Å². The largest absolute Gasteiger partial charge is 0.480 e. The van der Waals surface area contributed by atoms with Crippen molar-refractivity contribution in [1.82, 2.24) is 10.6 Å². The Hall–Kier alpha value is -3.05. The molecule has 0 saturated carbocycles. The standard InChI is InChI=1S/C6H14N4O2.C5H9NO2.C3H7NO3.C2H5NO2/c7-4(5(11)12)2-1-3-10-6(8)9;7-5(8)4-2-1-3-6-4;4-2(1-5)3(6)7;3-1-2(4)5/h4H,1-3,7H2,(H,11,12)(H4,8,9,10);4,6H,1-3H2,(H,7,8);2,5H,1,4H2,(H,6,7);1,3H2,(H,4,5)/t2*4-;2-;/m000./s1. The number of nitrogens with two attached hydrogens (primary N) is 4. The summed E-state index contributed by atoms with van der Waals surface area (Å²) in [6.07, 6.45) is 2.76. The van der Waals surface area contributed by atoms with Crippen LogP contribution in [0.1, 0.15) is 25.7 Å². The van der Waals surface area contributed by atoms with E-state index in [1.165, 1.54) is 0 Å². The lowest BCUT2D eigenvalue weighted by Crippen LogP contribution is -2.34. The first kappa shape index (κ1) is 33.6. The smallest absolute Gasteiger partial charge is 0.322 e. The van der Waals surface area contributed by atoms with Crippen molar-refractivity contribution in [2.24, 2.45) is 22.9 Å². The Kier molecular flexibility index (Phi) is 22.2. The molecule has 0 aromatic heterocycles. The average Bonchev–Trinajstić information content (AvgIpc) is 3.26. The Morgan fingerprint density at radius 3 is 1.78 bits per heavy atom. The Labute approximate surface area is 184 Å². The van der Waals surface area contributed by atoms with Crippen molar-refractivity contribution in [2.45, 2.75) is 43.8 Å². The van der Waals surface area contributed by atoms with Gasteiger partial charge in [-0.1, -0.05) is 0 Å². The predicted molar refractivity (Wildman–Crippen MR) is 113 cm³/mol. The molecular formula is C16H35N7O9. The lowest BCUT2D eigenvalue weighted by molar-refractivity contribution is -0.140. The molecule has 3 atom stereocenters. The molecule has 16 nitrogen and oxygen atoms in total. The van der Waals surface area contributed by atoms with E-state index in [-0.39, 0.29) is 18.5 Å². The summed E-state index contributed by atoms with van der Waals surface area (Å²) in [5.41, 5.74) is 19.6. The molecular weight excluding hydrogens is 434 g/mol. The zero-order chi connectivity index (χ0) is 25.7. The molecule has 16 N–H and O–H groups in total. The first-order valence-electron chi connectivity index (χ1n) is 9.33. The molecule has 188 valence electrons. The normalized spacial score (nSPS) is 15.7. The number of carbonyl (C=O) groups is 4. The first-order chi connectivity index (χ1) is 14.8. The minimum Gasteiger partial charge on any atom is -0.480 e. The van der Waals surface area contributed by atoms with Crippen LogP contribution >= 0.6 is 0 Å². The Bertz CT molecular complexity index is 572. The molecule has 1 fully saturated rings. The number of guanidine groups is 1. The molecule has 0 radical (unpaired) electrons. The van der Waals surface area contributed by atoms with Crippen LogP contribution in [0.4, 0.5) is 0 Å². The van der Waals surface area contributed by atoms with Gasteiger partial charge in [0.25, 0.3) is 0 Å². The van der Waals surface area contributed by atoms with Gasteiger partial charge in [-0.05, 0) is 32.2 Å². The van der Waals surface area contributed by atoms with Crippen LogP contribution in [-0.4, -0.2) is 99.7 Å². The van der Waals surface area contributed by atoms with E-state index in [2.05, 4.69) is 16.4 Å². The number of aliphatic carboxylic acids is 4. The molecule has 0 aromatic carbocycles. The Morgan fingerprint density at radius 1 is 1.06 bits per heavy atom. The topological polar surface area (TPSA) is 321 Å². The molecule has 1 heterocycles. The molecule has 16 heteroatoms. The summed E-state index contributed by atoms with van der Waals surface area (Å²) in [6.45, 7) is 0.558. The summed E-state index contributed by atoms with van der Waals surface area (Å²) in [5, 5.41) is 52.4. The quantitative estimate of drug-likeness (QED) is 0.0866. The lowest BCUT2D eigenvalue weighted by Gasteiger charge is -2.06. The molecule has 0 amide bonds. The maximum absolute atomic E-state index is 10.2. The fourth-order valence-corrected chi connectivity index (χ4v) is 1.64. The second-order valence-electron chi connectivity index (χ2n) is 6.14. The second kappa shape index (κ2) is 21.2. The van der Waals surface area contributed by atoms with Crippen LogP contribution < -0.4 is 33.6 Å². The van der Waals surface area contributed by atoms with Gasteiger partial charge in [0.2, 0.25) is 0 Å². The van der Waals surface area contributed by atoms with E-state index in [0.29, 0.717) is 19.4 Å². The molecule has 32 heavy (non-hydrogen) atoms. The molecule has 1 rings (SSSR count). The monoisotopic (exact) mass is 469 g/mol. The summed E-state index contributed by atoms with van der Waals surface area (Å²) in [7, 11) is 0. The number of hydrogen-bond acceptors (Lipinski definition) is 10. The van der Waals surface area contributed by atoms with Crippen LogP contribution in [0, 0.1) is 5.41 Å². The van der Waals surface area contributed by atoms with E-state index >= 15 is 0 Å². The highest BCUT2D eigenvalue weighted by atomic mass is 16.4. The number of aliphatic hydroxyl groups excluding tert-OH is 1. The minimum absolute atomic E-state index is 0.112. The van der Waals surface area contributed by atoms with Crippen LogP contribution in [0.15, 0.2) is 0 Å². The van der Waals surface area contributed by atoms with Gasteiger partial charge in [0.15, 0.2) is 5.96 Å². The van der Waals surface area contributed by atoms with Crippen molar-refractivity contribution in [1.29, 1.82) is 5.41 Å². The van der Waals surface area contributed by atoms with E-state index < -0.39 is 42.6 Å². The maximum Gasteiger partial charge on any atom is 0.322 e. The summed E-state index contributed by atoms with van der Waals surface area (Å²) in [5.74, 6) is -3.98. The van der Waals surface area contributed by atoms with Gasteiger partial charge < -0.3 is 59.1 Å². The first-order valence-corrected chi connectivity index (χ1v) is 9.33. The van der Waals surface area contributed by atoms with Gasteiger partial charge in [0.05, 0.1) is 13.2 Å². The molecule has 0 bridgehead atoms. The molecule has 1 aliphatic heterocycles. The maximum atomic E-state index is 10.2. The van der Waals surface area contributed by atoms with Crippen LogP contribution in [-0.2, 0) is 19.2 Å². The zero-order valence-electron chi connectivity index (χ0n) is 17.6. The number of nitrogens with one attached hydrogen (secondary N) is 3. The van der Waals surface area contributed by atoms with E-state index in [9.17, 15) is 19.2 Å².